The molecule has 110 valence electrons. The van der Waals surface area contributed by atoms with Crippen LogP contribution in [0.2, 0.25) is 0 Å². The molecule has 0 saturated carbocycles. The van der Waals surface area contributed by atoms with E-state index in [0.29, 0.717) is 18.5 Å². The largest absolute Gasteiger partial charge is 0.396 e. The molecule has 20 heavy (non-hydrogen) atoms. The normalized spacial score (nSPS) is 20.2. The predicted octanol–water partition coefficient (Wildman–Crippen LogP) is 0.906. The molecule has 1 atom stereocenters. The quantitative estimate of drug-likeness (QED) is 0.658. The van der Waals surface area contributed by atoms with Crippen molar-refractivity contribution in [2.24, 2.45) is 5.92 Å². The number of hydrogen-bond acceptors (Lipinski definition) is 5. The molecular weight excluding hydrogens is 284 g/mol. The van der Waals surface area contributed by atoms with E-state index in [1.165, 1.54) is 16.4 Å². The summed E-state index contributed by atoms with van der Waals surface area (Å²) in [5.74, 6) is -0.0646. The second kappa shape index (κ2) is 5.47. The van der Waals surface area contributed by atoms with Crippen LogP contribution in [-0.4, -0.2) is 42.4 Å². The second-order valence-corrected chi connectivity index (χ2v) is 6.84. The van der Waals surface area contributed by atoms with Gasteiger partial charge in [0, 0.05) is 31.3 Å². The Balaban J connectivity index is 2.35. The molecule has 0 bridgehead atoms. The zero-order chi connectivity index (χ0) is 14.9. The smallest absolute Gasteiger partial charge is 0.273 e. The first-order valence-corrected chi connectivity index (χ1v) is 7.66. The van der Waals surface area contributed by atoms with Crippen LogP contribution < -0.4 is 0 Å². The molecule has 2 rings (SSSR count). The SMILES string of the molecule is Cc1ccc(S(=O)(=O)N2CCC(CO)C2)cc1[N+](=O)[O-]. The average molecular weight is 300 g/mol. The molecule has 0 aromatic heterocycles. The van der Waals surface area contributed by atoms with E-state index in [1.807, 2.05) is 0 Å². The molecule has 1 N–H and O–H groups in total. The standard InChI is InChI=1S/C12H16N2O5S/c1-9-2-3-11(6-12(9)14(16)17)20(18,19)13-5-4-10(7-13)8-15/h2-3,6,10,15H,4-5,7-8H2,1H3. The van der Waals surface area contributed by atoms with Gasteiger partial charge in [-0.2, -0.15) is 4.31 Å². The summed E-state index contributed by atoms with van der Waals surface area (Å²) in [4.78, 5) is 10.2. The van der Waals surface area contributed by atoms with Crippen molar-refractivity contribution in [2.45, 2.75) is 18.2 Å². The first-order valence-electron chi connectivity index (χ1n) is 6.22. The van der Waals surface area contributed by atoms with Gasteiger partial charge in [-0.3, -0.25) is 10.1 Å². The Bertz CT molecular complexity index is 629. The number of aliphatic hydroxyl groups is 1. The molecule has 1 unspecified atom stereocenters. The van der Waals surface area contributed by atoms with Gasteiger partial charge in [-0.15, -0.1) is 0 Å². The van der Waals surface area contributed by atoms with E-state index < -0.39 is 14.9 Å². The van der Waals surface area contributed by atoms with Crippen LogP contribution >= 0.6 is 0 Å². The number of hydrogen-bond donors (Lipinski definition) is 1. The summed E-state index contributed by atoms with van der Waals surface area (Å²) in [6.07, 6.45) is 0.601. The summed E-state index contributed by atoms with van der Waals surface area (Å²) in [6.45, 7) is 2.09. The lowest BCUT2D eigenvalue weighted by atomic mass is 10.1. The van der Waals surface area contributed by atoms with E-state index in [1.54, 1.807) is 6.92 Å². The molecule has 1 saturated heterocycles. The number of sulfonamides is 1. The Morgan fingerprint density at radius 2 is 2.20 bits per heavy atom. The number of rotatable bonds is 4. The third-order valence-corrected chi connectivity index (χ3v) is 5.38. The van der Waals surface area contributed by atoms with Crippen molar-refractivity contribution in [3.05, 3.63) is 33.9 Å². The number of nitro groups is 1. The highest BCUT2D eigenvalue weighted by Crippen LogP contribution is 2.27. The number of benzene rings is 1. The lowest BCUT2D eigenvalue weighted by Crippen LogP contribution is -2.29. The molecule has 7 nitrogen and oxygen atoms in total. The number of aliphatic hydroxyl groups excluding tert-OH is 1. The van der Waals surface area contributed by atoms with Crippen LogP contribution in [0.25, 0.3) is 0 Å². The molecule has 1 aliphatic rings. The third kappa shape index (κ3) is 2.67. The van der Waals surface area contributed by atoms with Gasteiger partial charge in [0.2, 0.25) is 10.0 Å². The van der Waals surface area contributed by atoms with Gasteiger partial charge >= 0.3 is 0 Å². The number of nitrogens with zero attached hydrogens (tertiary/aromatic N) is 2. The van der Waals surface area contributed by atoms with Gasteiger partial charge in [-0.25, -0.2) is 8.42 Å². The predicted molar refractivity (Wildman–Crippen MR) is 71.8 cm³/mol. The van der Waals surface area contributed by atoms with Crippen LogP contribution in [0.3, 0.4) is 0 Å². The van der Waals surface area contributed by atoms with Crippen LogP contribution in [0.15, 0.2) is 23.1 Å². The van der Waals surface area contributed by atoms with E-state index >= 15 is 0 Å². The van der Waals surface area contributed by atoms with Crippen LogP contribution in [0.1, 0.15) is 12.0 Å². The maximum Gasteiger partial charge on any atom is 0.273 e. The minimum Gasteiger partial charge on any atom is -0.396 e. The number of nitro benzene ring substituents is 1. The maximum atomic E-state index is 12.4. The maximum absolute atomic E-state index is 12.4. The molecule has 1 fully saturated rings. The third-order valence-electron chi connectivity index (χ3n) is 3.52. The molecule has 0 spiro atoms. The first-order chi connectivity index (χ1) is 9.36. The van der Waals surface area contributed by atoms with Gasteiger partial charge in [-0.05, 0) is 25.3 Å². The van der Waals surface area contributed by atoms with Crippen molar-refractivity contribution >= 4 is 15.7 Å². The van der Waals surface area contributed by atoms with E-state index in [2.05, 4.69) is 0 Å². The summed E-state index contributed by atoms with van der Waals surface area (Å²) in [5.41, 5.74) is 0.215. The fourth-order valence-electron chi connectivity index (χ4n) is 2.26. The van der Waals surface area contributed by atoms with Crippen molar-refractivity contribution in [1.82, 2.24) is 4.31 Å². The van der Waals surface area contributed by atoms with Crippen molar-refractivity contribution in [2.75, 3.05) is 19.7 Å². The minimum atomic E-state index is -3.74. The molecular formula is C12H16N2O5S. The van der Waals surface area contributed by atoms with E-state index in [0.717, 1.165) is 6.07 Å². The second-order valence-electron chi connectivity index (χ2n) is 4.91. The summed E-state index contributed by atoms with van der Waals surface area (Å²) >= 11 is 0. The Hall–Kier alpha value is -1.51. The Labute approximate surface area is 117 Å². The lowest BCUT2D eigenvalue weighted by molar-refractivity contribution is -0.385. The molecule has 8 heteroatoms. The zero-order valence-electron chi connectivity index (χ0n) is 11.0. The topological polar surface area (TPSA) is 101 Å². The average Bonchev–Trinajstić information content (AvgIpc) is 2.88. The first kappa shape index (κ1) is 14.9. The number of aryl methyl sites for hydroxylation is 1. The van der Waals surface area contributed by atoms with Gasteiger partial charge in [0.15, 0.2) is 0 Å². The summed E-state index contributed by atoms with van der Waals surface area (Å²) in [6, 6.07) is 3.91. The molecule has 1 heterocycles. The summed E-state index contributed by atoms with van der Waals surface area (Å²) < 4.78 is 26.1. The van der Waals surface area contributed by atoms with Gasteiger partial charge in [0.25, 0.3) is 5.69 Å². The molecule has 0 amide bonds. The molecule has 1 aliphatic heterocycles. The van der Waals surface area contributed by atoms with Crippen molar-refractivity contribution in [3.63, 3.8) is 0 Å². The van der Waals surface area contributed by atoms with Crippen LogP contribution in [0.4, 0.5) is 5.69 Å². The van der Waals surface area contributed by atoms with E-state index in [4.69, 9.17) is 5.11 Å². The Kier molecular flexibility index (Phi) is 4.07. The molecule has 0 radical (unpaired) electrons. The fraction of sp³-hybridized carbons (Fsp3) is 0.500. The lowest BCUT2D eigenvalue weighted by Gasteiger charge is -2.16. The monoisotopic (exact) mass is 300 g/mol. The van der Waals surface area contributed by atoms with Gasteiger partial charge < -0.3 is 5.11 Å². The minimum absolute atomic E-state index is 0.0555. The van der Waals surface area contributed by atoms with Crippen molar-refractivity contribution < 1.29 is 18.4 Å². The van der Waals surface area contributed by atoms with Crippen LogP contribution in [0, 0.1) is 23.0 Å². The summed E-state index contributed by atoms with van der Waals surface area (Å²) in [7, 11) is -3.74. The van der Waals surface area contributed by atoms with E-state index in [-0.39, 0.29) is 29.7 Å². The van der Waals surface area contributed by atoms with Gasteiger partial charge in [-0.1, -0.05) is 6.07 Å². The Morgan fingerprint density at radius 1 is 1.50 bits per heavy atom. The molecule has 1 aromatic rings. The van der Waals surface area contributed by atoms with Crippen molar-refractivity contribution in [3.8, 4) is 0 Å². The molecule has 0 aliphatic carbocycles. The van der Waals surface area contributed by atoms with E-state index in [9.17, 15) is 18.5 Å². The Morgan fingerprint density at radius 3 is 2.75 bits per heavy atom. The van der Waals surface area contributed by atoms with Gasteiger partial charge in [0.05, 0.1) is 9.82 Å². The van der Waals surface area contributed by atoms with Gasteiger partial charge in [0.1, 0.15) is 0 Å². The van der Waals surface area contributed by atoms with Crippen molar-refractivity contribution in [1.29, 1.82) is 0 Å². The zero-order valence-corrected chi connectivity index (χ0v) is 11.8. The summed E-state index contributed by atoms with van der Waals surface area (Å²) in [5, 5.41) is 19.9. The fourth-order valence-corrected chi connectivity index (χ4v) is 3.81. The van der Waals surface area contributed by atoms with Crippen LogP contribution in [0.5, 0.6) is 0 Å². The highest BCUT2D eigenvalue weighted by Gasteiger charge is 2.33. The highest BCUT2D eigenvalue weighted by atomic mass is 32.2. The van der Waals surface area contributed by atoms with Crippen LogP contribution in [-0.2, 0) is 10.0 Å². The highest BCUT2D eigenvalue weighted by molar-refractivity contribution is 7.89. The molecule has 1 aromatic carbocycles.